The van der Waals surface area contributed by atoms with E-state index < -0.39 is 12.0 Å². The van der Waals surface area contributed by atoms with Gasteiger partial charge in [0.05, 0.1) is 34.0 Å². The summed E-state index contributed by atoms with van der Waals surface area (Å²) in [5, 5.41) is 9.38. The van der Waals surface area contributed by atoms with Gasteiger partial charge in [0.2, 0.25) is 0 Å². The fourth-order valence-corrected chi connectivity index (χ4v) is 5.72. The Morgan fingerprint density at radius 2 is 1.85 bits per heavy atom. The van der Waals surface area contributed by atoms with Gasteiger partial charge in [-0.1, -0.05) is 65.4 Å². The molecule has 0 saturated heterocycles. The quantitative estimate of drug-likeness (QED) is 0.295. The van der Waals surface area contributed by atoms with Crippen molar-refractivity contribution in [2.75, 3.05) is 6.61 Å². The Morgan fingerprint density at radius 3 is 2.52 bits per heavy atom. The molecule has 1 atom stereocenters. The maximum atomic E-state index is 13.7. The number of benzene rings is 3. The Balaban J connectivity index is 1.48. The molecule has 200 valence electrons. The van der Waals surface area contributed by atoms with Crippen LogP contribution < -0.4 is 19.6 Å². The van der Waals surface area contributed by atoms with Gasteiger partial charge in [0.15, 0.2) is 4.80 Å². The monoisotopic (exact) mass is 569 g/mol. The number of rotatable bonds is 7. The zero-order valence-corrected chi connectivity index (χ0v) is 23.3. The number of nitrogens with zero attached hydrogens (tertiary/aromatic N) is 3. The number of fused-ring (bicyclic) bond motifs is 1. The van der Waals surface area contributed by atoms with Gasteiger partial charge in [-0.3, -0.25) is 9.36 Å². The SMILES string of the molecule is CCOC(=O)C1=C(C)N=c2s/c(=C\c3ccc(OCc4ccc(C#N)cc4)cc3)c(=O)n2[C@H]1c1ccccc1Cl. The van der Waals surface area contributed by atoms with Crippen LogP contribution in [0.1, 0.15) is 42.1 Å². The molecule has 1 aliphatic heterocycles. The first kappa shape index (κ1) is 27.1. The van der Waals surface area contributed by atoms with Crippen LogP contribution in [0.3, 0.4) is 0 Å². The van der Waals surface area contributed by atoms with Crippen molar-refractivity contribution in [3.63, 3.8) is 0 Å². The smallest absolute Gasteiger partial charge is 0.338 e. The molecule has 0 bridgehead atoms. The molecule has 0 aliphatic carbocycles. The van der Waals surface area contributed by atoms with Crippen LogP contribution in [0.4, 0.5) is 0 Å². The van der Waals surface area contributed by atoms with Gasteiger partial charge in [-0.25, -0.2) is 9.79 Å². The van der Waals surface area contributed by atoms with E-state index in [0.717, 1.165) is 11.1 Å². The average molecular weight is 570 g/mol. The number of hydrogen-bond acceptors (Lipinski definition) is 7. The summed E-state index contributed by atoms with van der Waals surface area (Å²) < 4.78 is 13.2. The molecule has 1 aliphatic rings. The van der Waals surface area contributed by atoms with E-state index in [4.69, 9.17) is 26.3 Å². The Hall–Kier alpha value is -4.45. The van der Waals surface area contributed by atoms with E-state index in [1.54, 1.807) is 50.3 Å². The number of ether oxygens (including phenoxy) is 2. The van der Waals surface area contributed by atoms with Gasteiger partial charge in [-0.15, -0.1) is 0 Å². The minimum atomic E-state index is -0.760. The second-order valence-corrected chi connectivity index (χ2v) is 10.4. The number of halogens is 1. The zero-order chi connectivity index (χ0) is 28.2. The number of thiazole rings is 1. The molecule has 40 heavy (non-hydrogen) atoms. The summed E-state index contributed by atoms with van der Waals surface area (Å²) in [6.45, 7) is 4.04. The summed E-state index contributed by atoms with van der Waals surface area (Å²) in [6, 6.07) is 23.1. The maximum Gasteiger partial charge on any atom is 0.338 e. The van der Waals surface area contributed by atoms with Crippen molar-refractivity contribution >= 4 is 35.0 Å². The number of hydrogen-bond donors (Lipinski definition) is 0. The highest BCUT2D eigenvalue weighted by atomic mass is 35.5. The molecule has 0 N–H and O–H groups in total. The van der Waals surface area contributed by atoms with E-state index in [9.17, 15) is 9.59 Å². The molecule has 2 heterocycles. The van der Waals surface area contributed by atoms with Gasteiger partial charge < -0.3 is 9.47 Å². The normalized spacial score (nSPS) is 14.8. The molecule has 0 amide bonds. The van der Waals surface area contributed by atoms with Crippen molar-refractivity contribution in [2.45, 2.75) is 26.5 Å². The molecule has 3 aromatic carbocycles. The van der Waals surface area contributed by atoms with E-state index in [1.807, 2.05) is 42.5 Å². The summed E-state index contributed by atoms with van der Waals surface area (Å²) in [4.78, 5) is 31.8. The molecule has 0 unspecified atom stereocenters. The predicted octanol–water partition coefficient (Wildman–Crippen LogP) is 4.90. The topological polar surface area (TPSA) is 93.7 Å². The lowest BCUT2D eigenvalue weighted by atomic mass is 9.96. The van der Waals surface area contributed by atoms with Crippen molar-refractivity contribution in [2.24, 2.45) is 4.99 Å². The third-order valence-corrected chi connectivity index (χ3v) is 7.71. The molecule has 9 heteroatoms. The van der Waals surface area contributed by atoms with Crippen LogP contribution in [0.15, 0.2) is 93.9 Å². The van der Waals surface area contributed by atoms with Crippen LogP contribution in [0, 0.1) is 11.3 Å². The Kier molecular flexibility index (Phi) is 7.96. The summed E-state index contributed by atoms with van der Waals surface area (Å²) in [7, 11) is 0. The standard InChI is InChI=1S/C31H24ClN3O4S/c1-3-38-30(37)27-19(2)34-31-35(28(27)24-6-4-5-7-25(24)32)29(36)26(40-31)16-20-12-14-23(15-13-20)39-18-22-10-8-21(17-33)9-11-22/h4-16,28H,3,18H2,1-2H3/b26-16-/t28-/m0/s1. The van der Waals surface area contributed by atoms with Crippen LogP contribution in [0.5, 0.6) is 5.75 Å². The molecular formula is C31H24ClN3O4S. The average Bonchev–Trinajstić information content (AvgIpc) is 3.26. The fraction of sp³-hybridized carbons (Fsp3) is 0.161. The van der Waals surface area contributed by atoms with E-state index in [2.05, 4.69) is 11.1 Å². The third kappa shape index (κ3) is 5.48. The van der Waals surface area contributed by atoms with Crippen molar-refractivity contribution in [1.82, 2.24) is 4.57 Å². The lowest BCUT2D eigenvalue weighted by molar-refractivity contribution is -0.139. The molecule has 4 aromatic rings. The number of carbonyl (C=O) groups excluding carboxylic acids is 1. The van der Waals surface area contributed by atoms with Crippen molar-refractivity contribution in [3.05, 3.63) is 131 Å². The Morgan fingerprint density at radius 1 is 1.12 bits per heavy atom. The lowest BCUT2D eigenvalue weighted by Gasteiger charge is -2.25. The summed E-state index contributed by atoms with van der Waals surface area (Å²) in [5.41, 5.74) is 3.49. The van der Waals surface area contributed by atoms with Crippen molar-refractivity contribution < 1.29 is 14.3 Å². The van der Waals surface area contributed by atoms with Crippen LogP contribution in [0.25, 0.3) is 6.08 Å². The first-order valence-corrected chi connectivity index (χ1v) is 13.7. The van der Waals surface area contributed by atoms with Gasteiger partial charge in [-0.05, 0) is 66.9 Å². The minimum absolute atomic E-state index is 0.197. The number of carbonyl (C=O) groups is 1. The summed E-state index contributed by atoms with van der Waals surface area (Å²) >= 11 is 7.80. The molecule has 7 nitrogen and oxygen atoms in total. The highest BCUT2D eigenvalue weighted by molar-refractivity contribution is 7.07. The Labute approximate surface area is 239 Å². The van der Waals surface area contributed by atoms with E-state index in [1.165, 1.54) is 15.9 Å². The van der Waals surface area contributed by atoms with Crippen LogP contribution >= 0.6 is 22.9 Å². The lowest BCUT2D eigenvalue weighted by Crippen LogP contribution is -2.40. The largest absolute Gasteiger partial charge is 0.489 e. The van der Waals surface area contributed by atoms with Crippen LogP contribution in [-0.2, 0) is 16.1 Å². The molecule has 1 aromatic heterocycles. The highest BCUT2D eigenvalue weighted by Gasteiger charge is 2.34. The molecule has 0 spiro atoms. The maximum absolute atomic E-state index is 13.7. The third-order valence-electron chi connectivity index (χ3n) is 6.38. The van der Waals surface area contributed by atoms with Gasteiger partial charge >= 0.3 is 5.97 Å². The molecule has 0 radical (unpaired) electrons. The molecule has 0 fully saturated rings. The zero-order valence-electron chi connectivity index (χ0n) is 21.8. The van der Waals surface area contributed by atoms with Crippen LogP contribution in [-0.4, -0.2) is 17.1 Å². The second kappa shape index (κ2) is 11.7. The van der Waals surface area contributed by atoms with E-state index in [0.29, 0.717) is 43.5 Å². The van der Waals surface area contributed by atoms with Gasteiger partial charge in [0, 0.05) is 5.02 Å². The van der Waals surface area contributed by atoms with Gasteiger partial charge in [-0.2, -0.15) is 5.26 Å². The number of allylic oxidation sites excluding steroid dienone is 1. The predicted molar refractivity (Wildman–Crippen MR) is 154 cm³/mol. The minimum Gasteiger partial charge on any atom is -0.489 e. The van der Waals surface area contributed by atoms with Gasteiger partial charge in [0.1, 0.15) is 18.4 Å². The first-order chi connectivity index (χ1) is 19.4. The Bertz CT molecular complexity index is 1830. The second-order valence-electron chi connectivity index (χ2n) is 8.99. The van der Waals surface area contributed by atoms with E-state index >= 15 is 0 Å². The highest BCUT2D eigenvalue weighted by Crippen LogP contribution is 2.34. The molecule has 5 rings (SSSR count). The van der Waals surface area contributed by atoms with Gasteiger partial charge in [0.25, 0.3) is 5.56 Å². The fourth-order valence-electron chi connectivity index (χ4n) is 4.44. The summed E-state index contributed by atoms with van der Waals surface area (Å²) in [5.74, 6) is 0.149. The molecule has 0 saturated carbocycles. The molecular weight excluding hydrogens is 546 g/mol. The van der Waals surface area contributed by atoms with E-state index in [-0.39, 0.29) is 17.7 Å². The van der Waals surface area contributed by atoms with Crippen molar-refractivity contribution in [3.8, 4) is 11.8 Å². The number of nitriles is 1. The summed E-state index contributed by atoms with van der Waals surface area (Å²) in [6.07, 6.45) is 1.79. The number of aromatic nitrogens is 1. The first-order valence-electron chi connectivity index (χ1n) is 12.6. The van der Waals surface area contributed by atoms with Crippen LogP contribution in [0.2, 0.25) is 5.02 Å². The number of esters is 1. The van der Waals surface area contributed by atoms with Crippen molar-refractivity contribution in [1.29, 1.82) is 5.26 Å².